The van der Waals surface area contributed by atoms with Crippen LogP contribution >= 0.6 is 11.6 Å². The van der Waals surface area contributed by atoms with Crippen molar-refractivity contribution >= 4 is 48.1 Å². The number of rotatable bonds is 8. The van der Waals surface area contributed by atoms with Crippen LogP contribution < -0.4 is 9.64 Å². The summed E-state index contributed by atoms with van der Waals surface area (Å²) >= 11 is 6.54. The fourth-order valence-corrected chi connectivity index (χ4v) is 9.64. The van der Waals surface area contributed by atoms with E-state index in [1.807, 2.05) is 39.0 Å². The van der Waals surface area contributed by atoms with Crippen LogP contribution in [-0.4, -0.2) is 66.6 Å². The SMILES string of the molecule is CC1(C)CCC(CN2CCN(c3ccc(C(=O)OC(C)(C)C)c(Oc4cnc5c(ccn5[Si](C)(C)C(C)(C)C)c4)c3)CC2)=C(c2ccc(C(F)(F)F)cc2Cl)C1. The summed E-state index contributed by atoms with van der Waals surface area (Å²) in [6.07, 6.45) is 2.03. The van der Waals surface area contributed by atoms with Crippen molar-refractivity contribution in [1.82, 2.24) is 14.1 Å². The molecule has 4 aromatic rings. The molecule has 2 aromatic carbocycles. The van der Waals surface area contributed by atoms with E-state index in [1.54, 1.807) is 18.3 Å². The van der Waals surface area contributed by atoms with Gasteiger partial charge in [0.2, 0.25) is 0 Å². The summed E-state index contributed by atoms with van der Waals surface area (Å²) in [5.74, 6) is 0.470. The molecule has 1 aliphatic heterocycles. The van der Waals surface area contributed by atoms with Crippen LogP contribution in [-0.2, 0) is 10.9 Å². The van der Waals surface area contributed by atoms with Crippen LogP contribution in [0.4, 0.5) is 18.9 Å². The van der Waals surface area contributed by atoms with Crippen LogP contribution in [0.5, 0.6) is 11.5 Å². The van der Waals surface area contributed by atoms with E-state index in [1.165, 1.54) is 5.57 Å². The minimum atomic E-state index is -4.45. The molecule has 0 unspecified atom stereocenters. The largest absolute Gasteiger partial charge is 0.456 e. The van der Waals surface area contributed by atoms with Gasteiger partial charge in [-0.25, -0.2) is 9.78 Å². The number of halogens is 4. The molecule has 6 rings (SSSR count). The van der Waals surface area contributed by atoms with Crippen molar-refractivity contribution in [3.05, 3.63) is 88.2 Å². The Labute approximate surface area is 335 Å². The molecule has 2 aliphatic rings. The van der Waals surface area contributed by atoms with Gasteiger partial charge in [0, 0.05) is 54.9 Å². The maximum atomic E-state index is 13.5. The smallest absolute Gasteiger partial charge is 0.416 e. The van der Waals surface area contributed by atoms with Crippen molar-refractivity contribution in [2.45, 2.75) is 105 Å². The molecular formula is C44H56ClF3N4O3Si. The van der Waals surface area contributed by atoms with Crippen molar-refractivity contribution in [2.75, 3.05) is 37.6 Å². The van der Waals surface area contributed by atoms with Crippen LogP contribution in [0.2, 0.25) is 23.2 Å². The molecule has 1 fully saturated rings. The predicted molar refractivity (Wildman–Crippen MR) is 224 cm³/mol. The molecule has 0 saturated carbocycles. The number of aromatic nitrogens is 2. The van der Waals surface area contributed by atoms with E-state index in [0.717, 1.165) is 86.4 Å². The first-order valence-electron chi connectivity index (χ1n) is 19.5. The van der Waals surface area contributed by atoms with Gasteiger partial charge in [-0.05, 0) is 104 Å². The maximum absolute atomic E-state index is 13.5. The highest BCUT2D eigenvalue weighted by Crippen LogP contribution is 2.46. The van der Waals surface area contributed by atoms with Crippen LogP contribution in [0.3, 0.4) is 0 Å². The van der Waals surface area contributed by atoms with Gasteiger partial charge in [-0.3, -0.25) is 4.90 Å². The second kappa shape index (κ2) is 15.2. The van der Waals surface area contributed by atoms with Gasteiger partial charge in [-0.1, -0.05) is 71.0 Å². The van der Waals surface area contributed by atoms with Crippen molar-refractivity contribution in [3.63, 3.8) is 0 Å². The predicted octanol–water partition coefficient (Wildman–Crippen LogP) is 12.1. The van der Waals surface area contributed by atoms with Crippen LogP contribution in [0.25, 0.3) is 16.6 Å². The molecule has 0 spiro atoms. The molecule has 1 saturated heterocycles. The van der Waals surface area contributed by atoms with Gasteiger partial charge in [-0.2, -0.15) is 13.2 Å². The molecular weight excluding hydrogens is 753 g/mol. The molecule has 12 heteroatoms. The van der Waals surface area contributed by atoms with Crippen molar-refractivity contribution in [3.8, 4) is 11.5 Å². The fraction of sp³-hybridized carbons (Fsp3) is 0.500. The van der Waals surface area contributed by atoms with E-state index >= 15 is 0 Å². The molecule has 2 aromatic heterocycles. The van der Waals surface area contributed by atoms with E-state index in [-0.39, 0.29) is 15.5 Å². The summed E-state index contributed by atoms with van der Waals surface area (Å²) < 4.78 is 55.0. The molecule has 56 heavy (non-hydrogen) atoms. The Morgan fingerprint density at radius 2 is 1.64 bits per heavy atom. The molecule has 0 bridgehead atoms. The van der Waals surface area contributed by atoms with Crippen LogP contribution in [0, 0.1) is 5.41 Å². The van der Waals surface area contributed by atoms with E-state index in [2.05, 4.69) is 74.0 Å². The summed E-state index contributed by atoms with van der Waals surface area (Å²) in [7, 11) is -1.91. The molecule has 0 radical (unpaired) electrons. The third kappa shape index (κ3) is 9.16. The summed E-state index contributed by atoms with van der Waals surface area (Å²) in [6, 6.07) is 13.4. The number of allylic oxidation sites excluding steroid dienone is 1. The van der Waals surface area contributed by atoms with Gasteiger partial charge in [-0.15, -0.1) is 0 Å². The summed E-state index contributed by atoms with van der Waals surface area (Å²) in [6.45, 7) is 25.3. The second-order valence-corrected chi connectivity index (χ2v) is 24.2. The van der Waals surface area contributed by atoms with Crippen LogP contribution in [0.15, 0.2) is 66.5 Å². The number of esters is 1. The highest BCUT2D eigenvalue weighted by atomic mass is 35.5. The average Bonchev–Trinajstić information content (AvgIpc) is 3.52. The quantitative estimate of drug-likeness (QED) is 0.131. The lowest BCUT2D eigenvalue weighted by atomic mass is 9.72. The molecule has 3 heterocycles. The Bertz CT molecular complexity index is 2140. The topological polar surface area (TPSA) is 59.8 Å². The highest BCUT2D eigenvalue weighted by Gasteiger charge is 2.39. The minimum absolute atomic E-state index is 0.0203. The highest BCUT2D eigenvalue weighted by molar-refractivity contribution is 6.79. The fourth-order valence-electron chi connectivity index (χ4n) is 7.46. The number of nitrogens with zero attached hydrogens (tertiary/aromatic N) is 4. The molecule has 302 valence electrons. The number of anilines is 1. The normalized spacial score (nSPS) is 17.4. The summed E-state index contributed by atoms with van der Waals surface area (Å²) in [4.78, 5) is 23.0. The average molecular weight is 809 g/mol. The standard InChI is InChI=1S/C44H56ClF3N4O3Si/c1-41(2,3)55-40(53)35-14-12-32(25-38(35)54-33-23-29-16-18-52(39(29)49-27-33)56(9,10)42(4,5)6)51-21-19-50(20-22-51)28-30-15-17-43(7,8)26-36(30)34-13-11-31(24-37(34)45)44(46,47)48/h11-14,16,18,23-25,27H,15,17,19-22,26,28H2,1-10H3. The number of hydrogen-bond acceptors (Lipinski definition) is 6. The second-order valence-electron chi connectivity index (χ2n) is 18.7. The van der Waals surface area contributed by atoms with Crippen molar-refractivity contribution < 1.29 is 27.4 Å². The third-order valence-electron chi connectivity index (χ3n) is 11.7. The number of alkyl halides is 3. The summed E-state index contributed by atoms with van der Waals surface area (Å²) in [5, 5.41) is 1.24. The zero-order valence-corrected chi connectivity index (χ0v) is 36.2. The number of hydrogen-bond donors (Lipinski definition) is 0. The molecule has 0 N–H and O–H groups in total. The van der Waals surface area contributed by atoms with Gasteiger partial charge >= 0.3 is 12.1 Å². The number of benzene rings is 2. The Hall–Kier alpha value is -3.80. The number of ether oxygens (including phenoxy) is 2. The molecule has 1 aliphatic carbocycles. The Morgan fingerprint density at radius 1 is 0.946 bits per heavy atom. The van der Waals surface area contributed by atoms with Gasteiger partial charge in [0.1, 0.15) is 28.3 Å². The van der Waals surface area contributed by atoms with Crippen LogP contribution in [0.1, 0.15) is 96.1 Å². The van der Waals surface area contributed by atoms with E-state index < -0.39 is 31.5 Å². The van der Waals surface area contributed by atoms with Gasteiger partial charge in [0.05, 0.1) is 11.8 Å². The zero-order valence-electron chi connectivity index (χ0n) is 34.5. The lowest BCUT2D eigenvalue weighted by Crippen LogP contribution is -2.47. The Kier molecular flexibility index (Phi) is 11.3. The van der Waals surface area contributed by atoms with E-state index in [0.29, 0.717) is 22.6 Å². The minimum Gasteiger partial charge on any atom is -0.456 e. The molecule has 0 atom stereocenters. The first-order valence-corrected chi connectivity index (χ1v) is 22.8. The van der Waals surface area contributed by atoms with Gasteiger partial charge < -0.3 is 18.6 Å². The Morgan fingerprint density at radius 3 is 2.27 bits per heavy atom. The van der Waals surface area contributed by atoms with E-state index in [4.69, 9.17) is 26.1 Å². The molecule has 0 amide bonds. The monoisotopic (exact) mass is 808 g/mol. The third-order valence-corrected chi connectivity index (χ3v) is 17.3. The number of fused-ring (bicyclic) bond motifs is 1. The lowest BCUT2D eigenvalue weighted by Gasteiger charge is -2.39. The van der Waals surface area contributed by atoms with Gasteiger partial charge in [0.15, 0.2) is 8.24 Å². The zero-order chi connectivity index (χ0) is 41.0. The van der Waals surface area contributed by atoms with E-state index in [9.17, 15) is 18.0 Å². The first kappa shape index (κ1) is 41.8. The first-order chi connectivity index (χ1) is 25.9. The number of carbonyl (C=O) groups excluding carboxylic acids is 1. The number of pyridine rings is 1. The number of carbonyl (C=O) groups is 1. The van der Waals surface area contributed by atoms with Crippen molar-refractivity contribution in [2.24, 2.45) is 5.41 Å². The van der Waals surface area contributed by atoms with Crippen molar-refractivity contribution in [1.29, 1.82) is 0 Å². The summed E-state index contributed by atoms with van der Waals surface area (Å²) in [5.41, 5.74) is 3.79. The molecule has 7 nitrogen and oxygen atoms in total. The van der Waals surface area contributed by atoms with Gasteiger partial charge in [0.25, 0.3) is 0 Å². The lowest BCUT2D eigenvalue weighted by molar-refractivity contribution is -0.137. The number of piperazine rings is 1. The maximum Gasteiger partial charge on any atom is 0.416 e. The Balaban J connectivity index is 1.23.